The van der Waals surface area contributed by atoms with Gasteiger partial charge in [-0.1, -0.05) is 18.2 Å². The molecular weight excluding hydrogens is 320 g/mol. The standard InChI is InChI=1S/C15H13BrN2O2/c1-17-14-10-7-6-9(8-12(10)18-15(14)19)20-13-5-3-2-4-11(13)16/h2-8,14,17H,1H3,(H,18,19). The predicted octanol–water partition coefficient (Wildman–Crippen LogP) is 3.45. The van der Waals surface area contributed by atoms with E-state index in [2.05, 4.69) is 26.6 Å². The summed E-state index contributed by atoms with van der Waals surface area (Å²) in [6, 6.07) is 13.0. The number of para-hydroxylation sites is 1. The van der Waals surface area contributed by atoms with E-state index in [0.717, 1.165) is 21.5 Å². The Kier molecular flexibility index (Phi) is 3.46. The molecule has 1 aliphatic heterocycles. The minimum absolute atomic E-state index is 0.0412. The smallest absolute Gasteiger partial charge is 0.246 e. The number of halogens is 1. The SMILES string of the molecule is CNC1C(=O)Nc2cc(Oc3ccccc3Br)ccc21. The molecule has 0 radical (unpaired) electrons. The number of carbonyl (C=O) groups is 1. The molecule has 0 aromatic heterocycles. The maximum absolute atomic E-state index is 11.8. The molecule has 3 rings (SSSR count). The molecule has 1 unspecified atom stereocenters. The van der Waals surface area contributed by atoms with Crippen molar-refractivity contribution in [1.82, 2.24) is 5.32 Å². The summed E-state index contributed by atoms with van der Waals surface area (Å²) in [5, 5.41) is 5.83. The highest BCUT2D eigenvalue weighted by atomic mass is 79.9. The highest BCUT2D eigenvalue weighted by Crippen LogP contribution is 2.36. The van der Waals surface area contributed by atoms with Gasteiger partial charge in [0.2, 0.25) is 5.91 Å². The second-order valence-corrected chi connectivity index (χ2v) is 5.35. The van der Waals surface area contributed by atoms with Gasteiger partial charge in [0.05, 0.1) is 4.47 Å². The third kappa shape index (κ3) is 2.30. The molecule has 4 nitrogen and oxygen atoms in total. The van der Waals surface area contributed by atoms with Crippen LogP contribution in [0, 0.1) is 0 Å². The van der Waals surface area contributed by atoms with Gasteiger partial charge in [-0.3, -0.25) is 4.79 Å². The van der Waals surface area contributed by atoms with E-state index in [9.17, 15) is 4.79 Å². The first-order chi connectivity index (χ1) is 9.69. The lowest BCUT2D eigenvalue weighted by Crippen LogP contribution is -2.23. The lowest BCUT2D eigenvalue weighted by atomic mass is 10.1. The van der Waals surface area contributed by atoms with Crippen LogP contribution in [0.25, 0.3) is 0 Å². The van der Waals surface area contributed by atoms with Crippen molar-refractivity contribution in [3.05, 3.63) is 52.5 Å². The summed E-state index contributed by atoms with van der Waals surface area (Å²) in [6.07, 6.45) is 0. The van der Waals surface area contributed by atoms with E-state index in [1.54, 1.807) is 7.05 Å². The Labute approximate surface area is 125 Å². The average Bonchev–Trinajstić information content (AvgIpc) is 2.76. The van der Waals surface area contributed by atoms with Gasteiger partial charge in [-0.15, -0.1) is 0 Å². The Bertz CT molecular complexity index is 673. The van der Waals surface area contributed by atoms with E-state index < -0.39 is 0 Å². The Morgan fingerprint density at radius 1 is 1.25 bits per heavy atom. The average molecular weight is 333 g/mol. The maximum atomic E-state index is 11.8. The Balaban J connectivity index is 1.90. The van der Waals surface area contributed by atoms with E-state index >= 15 is 0 Å². The highest BCUT2D eigenvalue weighted by molar-refractivity contribution is 9.10. The fraction of sp³-hybridized carbons (Fsp3) is 0.133. The number of benzene rings is 2. The maximum Gasteiger partial charge on any atom is 0.246 e. The van der Waals surface area contributed by atoms with Crippen molar-refractivity contribution in [3.8, 4) is 11.5 Å². The molecule has 0 spiro atoms. The number of likely N-dealkylation sites (N-methyl/N-ethyl adjacent to an activating group) is 1. The summed E-state index contributed by atoms with van der Waals surface area (Å²) in [4.78, 5) is 11.8. The molecule has 1 heterocycles. The fourth-order valence-electron chi connectivity index (χ4n) is 2.25. The van der Waals surface area contributed by atoms with Crippen LogP contribution in [0.4, 0.5) is 5.69 Å². The number of anilines is 1. The normalized spacial score (nSPS) is 16.7. The second-order valence-electron chi connectivity index (χ2n) is 4.49. The van der Waals surface area contributed by atoms with Gasteiger partial charge < -0.3 is 15.4 Å². The van der Waals surface area contributed by atoms with E-state index in [1.165, 1.54) is 0 Å². The molecule has 2 aromatic carbocycles. The molecule has 1 aliphatic rings. The molecule has 1 amide bonds. The van der Waals surface area contributed by atoms with Crippen molar-refractivity contribution in [2.45, 2.75) is 6.04 Å². The van der Waals surface area contributed by atoms with Gasteiger partial charge in [0, 0.05) is 17.3 Å². The van der Waals surface area contributed by atoms with Crippen LogP contribution in [0.3, 0.4) is 0 Å². The monoisotopic (exact) mass is 332 g/mol. The van der Waals surface area contributed by atoms with Crippen molar-refractivity contribution in [2.75, 3.05) is 12.4 Å². The summed E-state index contributed by atoms with van der Waals surface area (Å²) < 4.78 is 6.71. The van der Waals surface area contributed by atoms with Crippen molar-refractivity contribution in [1.29, 1.82) is 0 Å². The van der Waals surface area contributed by atoms with Crippen LogP contribution in [0.15, 0.2) is 46.9 Å². The Morgan fingerprint density at radius 3 is 2.80 bits per heavy atom. The molecule has 20 heavy (non-hydrogen) atoms. The minimum atomic E-state index is -0.289. The first-order valence-corrected chi connectivity index (χ1v) is 7.03. The number of ether oxygens (including phenoxy) is 1. The van der Waals surface area contributed by atoms with E-state index in [-0.39, 0.29) is 11.9 Å². The van der Waals surface area contributed by atoms with Crippen LogP contribution < -0.4 is 15.4 Å². The van der Waals surface area contributed by atoms with Gasteiger partial charge in [0.1, 0.15) is 17.5 Å². The number of amides is 1. The van der Waals surface area contributed by atoms with E-state index in [1.807, 2.05) is 42.5 Å². The van der Waals surface area contributed by atoms with Gasteiger partial charge in [-0.25, -0.2) is 0 Å². The van der Waals surface area contributed by atoms with Crippen molar-refractivity contribution in [2.24, 2.45) is 0 Å². The molecule has 2 N–H and O–H groups in total. The fourth-order valence-corrected chi connectivity index (χ4v) is 2.61. The van der Waals surface area contributed by atoms with Gasteiger partial charge >= 0.3 is 0 Å². The van der Waals surface area contributed by atoms with Gasteiger partial charge in [-0.05, 0) is 41.2 Å². The molecule has 2 aromatic rings. The van der Waals surface area contributed by atoms with E-state index in [4.69, 9.17) is 4.74 Å². The molecule has 0 fully saturated rings. The Hall–Kier alpha value is -1.85. The third-order valence-corrected chi connectivity index (χ3v) is 3.86. The molecule has 0 bridgehead atoms. The minimum Gasteiger partial charge on any atom is -0.456 e. The zero-order chi connectivity index (χ0) is 14.1. The molecule has 0 aliphatic carbocycles. The zero-order valence-corrected chi connectivity index (χ0v) is 12.4. The van der Waals surface area contributed by atoms with E-state index in [0.29, 0.717) is 5.75 Å². The van der Waals surface area contributed by atoms with Gasteiger partial charge in [0.25, 0.3) is 0 Å². The van der Waals surface area contributed by atoms with Gasteiger partial charge in [-0.2, -0.15) is 0 Å². The first kappa shape index (κ1) is 13.1. The van der Waals surface area contributed by atoms with Crippen LogP contribution in [-0.2, 0) is 4.79 Å². The van der Waals surface area contributed by atoms with Crippen LogP contribution in [0.1, 0.15) is 11.6 Å². The summed E-state index contributed by atoms with van der Waals surface area (Å²) in [7, 11) is 1.77. The van der Waals surface area contributed by atoms with Crippen LogP contribution in [0.2, 0.25) is 0 Å². The molecule has 0 saturated carbocycles. The number of fused-ring (bicyclic) bond motifs is 1. The zero-order valence-electron chi connectivity index (χ0n) is 10.8. The molecule has 102 valence electrons. The van der Waals surface area contributed by atoms with Crippen LogP contribution >= 0.6 is 15.9 Å². The first-order valence-electron chi connectivity index (χ1n) is 6.23. The summed E-state index contributed by atoms with van der Waals surface area (Å²) in [5.74, 6) is 1.38. The topological polar surface area (TPSA) is 50.4 Å². The number of nitrogens with one attached hydrogen (secondary N) is 2. The van der Waals surface area contributed by atoms with Crippen molar-refractivity contribution >= 4 is 27.5 Å². The predicted molar refractivity (Wildman–Crippen MR) is 81.1 cm³/mol. The summed E-state index contributed by atoms with van der Waals surface area (Å²) in [6.45, 7) is 0. The molecule has 0 saturated heterocycles. The molecule has 5 heteroatoms. The molecule has 1 atom stereocenters. The lowest BCUT2D eigenvalue weighted by molar-refractivity contribution is -0.117. The van der Waals surface area contributed by atoms with Crippen molar-refractivity contribution in [3.63, 3.8) is 0 Å². The van der Waals surface area contributed by atoms with Crippen LogP contribution in [-0.4, -0.2) is 13.0 Å². The highest BCUT2D eigenvalue weighted by Gasteiger charge is 2.29. The van der Waals surface area contributed by atoms with Gasteiger partial charge in [0.15, 0.2) is 0 Å². The second kappa shape index (κ2) is 5.26. The quantitative estimate of drug-likeness (QED) is 0.905. The third-order valence-electron chi connectivity index (χ3n) is 3.21. The Morgan fingerprint density at radius 2 is 2.05 bits per heavy atom. The largest absolute Gasteiger partial charge is 0.456 e. The molecular formula is C15H13BrN2O2. The summed E-state index contributed by atoms with van der Waals surface area (Å²) >= 11 is 3.44. The number of hydrogen-bond donors (Lipinski definition) is 2. The number of carbonyl (C=O) groups excluding carboxylic acids is 1. The summed E-state index contributed by atoms with van der Waals surface area (Å²) in [5.41, 5.74) is 1.73. The van der Waals surface area contributed by atoms with Crippen molar-refractivity contribution < 1.29 is 9.53 Å². The number of hydrogen-bond acceptors (Lipinski definition) is 3. The lowest BCUT2D eigenvalue weighted by Gasteiger charge is -2.10. The van der Waals surface area contributed by atoms with Crippen LogP contribution in [0.5, 0.6) is 11.5 Å². The number of rotatable bonds is 3.